The van der Waals surface area contributed by atoms with Crippen molar-refractivity contribution in [1.82, 2.24) is 10.3 Å². The van der Waals surface area contributed by atoms with E-state index < -0.39 is 11.6 Å². The van der Waals surface area contributed by atoms with Gasteiger partial charge in [0.25, 0.3) is 0 Å². The second-order valence-corrected chi connectivity index (χ2v) is 3.32. The fourth-order valence-electron chi connectivity index (χ4n) is 1.31. The largest absolute Gasteiger partial charge is 0.447 e. The van der Waals surface area contributed by atoms with Crippen LogP contribution in [0.4, 0.5) is 8.78 Å². The van der Waals surface area contributed by atoms with Crippen LogP contribution < -0.4 is 5.32 Å². The van der Waals surface area contributed by atoms with Gasteiger partial charge < -0.3 is 9.73 Å². The number of rotatable bonds is 4. The third-order valence-corrected chi connectivity index (χ3v) is 2.10. The first-order valence-corrected chi connectivity index (χ1v) is 4.78. The van der Waals surface area contributed by atoms with Crippen molar-refractivity contribution in [2.75, 3.05) is 0 Å². The van der Waals surface area contributed by atoms with Gasteiger partial charge in [0, 0.05) is 6.54 Å². The zero-order valence-electron chi connectivity index (χ0n) is 8.41. The van der Waals surface area contributed by atoms with E-state index in [1.54, 1.807) is 6.20 Å². The van der Waals surface area contributed by atoms with Gasteiger partial charge in [-0.1, -0.05) is 6.07 Å². The molecule has 1 aromatic heterocycles. The molecular weight excluding hydrogens is 214 g/mol. The lowest BCUT2D eigenvalue weighted by Gasteiger charge is -2.03. The van der Waals surface area contributed by atoms with Gasteiger partial charge in [-0.15, -0.1) is 0 Å². The van der Waals surface area contributed by atoms with Gasteiger partial charge in [-0.05, 0) is 17.7 Å². The first kappa shape index (κ1) is 10.8. The van der Waals surface area contributed by atoms with E-state index in [4.69, 9.17) is 4.42 Å². The number of hydrogen-bond donors (Lipinski definition) is 1. The van der Waals surface area contributed by atoms with Crippen molar-refractivity contribution in [2.24, 2.45) is 0 Å². The standard InChI is InChI=1S/C11H10F2N2O/c12-10-2-1-8(3-11(10)13)4-14-5-9-6-15-7-16-9/h1-3,6-7,14H,4-5H2. The van der Waals surface area contributed by atoms with Gasteiger partial charge in [-0.3, -0.25) is 0 Å². The van der Waals surface area contributed by atoms with E-state index in [1.165, 1.54) is 18.5 Å². The second-order valence-electron chi connectivity index (χ2n) is 3.32. The van der Waals surface area contributed by atoms with Crippen LogP contribution in [-0.2, 0) is 13.1 Å². The van der Waals surface area contributed by atoms with E-state index in [0.717, 1.165) is 6.07 Å². The fourth-order valence-corrected chi connectivity index (χ4v) is 1.31. The number of benzene rings is 1. The highest BCUT2D eigenvalue weighted by Crippen LogP contribution is 2.08. The maximum atomic E-state index is 12.8. The molecule has 2 rings (SSSR count). The molecule has 1 N–H and O–H groups in total. The summed E-state index contributed by atoms with van der Waals surface area (Å²) >= 11 is 0. The molecule has 3 nitrogen and oxygen atoms in total. The monoisotopic (exact) mass is 224 g/mol. The zero-order valence-corrected chi connectivity index (χ0v) is 8.41. The number of aromatic nitrogens is 1. The second kappa shape index (κ2) is 4.85. The van der Waals surface area contributed by atoms with Crippen LogP contribution in [0.2, 0.25) is 0 Å². The van der Waals surface area contributed by atoms with Crippen molar-refractivity contribution in [1.29, 1.82) is 0 Å². The van der Waals surface area contributed by atoms with Gasteiger partial charge in [0.2, 0.25) is 0 Å². The molecule has 0 fully saturated rings. The van der Waals surface area contributed by atoms with Crippen LogP contribution in [0.15, 0.2) is 35.2 Å². The van der Waals surface area contributed by atoms with Crippen molar-refractivity contribution in [3.05, 3.63) is 53.7 Å². The average Bonchev–Trinajstić information content (AvgIpc) is 2.76. The molecule has 0 aliphatic heterocycles. The van der Waals surface area contributed by atoms with Crippen molar-refractivity contribution in [3.8, 4) is 0 Å². The molecule has 0 saturated carbocycles. The maximum Gasteiger partial charge on any atom is 0.180 e. The predicted octanol–water partition coefficient (Wildman–Crippen LogP) is 2.24. The van der Waals surface area contributed by atoms with Crippen LogP contribution in [0.3, 0.4) is 0 Å². The van der Waals surface area contributed by atoms with Crippen molar-refractivity contribution in [3.63, 3.8) is 0 Å². The number of nitrogens with zero attached hydrogens (tertiary/aromatic N) is 1. The molecule has 0 unspecified atom stereocenters. The van der Waals surface area contributed by atoms with E-state index in [2.05, 4.69) is 10.3 Å². The summed E-state index contributed by atoms with van der Waals surface area (Å²) < 4.78 is 30.5. The molecular formula is C11H10F2N2O. The first-order valence-electron chi connectivity index (χ1n) is 4.78. The number of nitrogens with one attached hydrogen (secondary N) is 1. The third kappa shape index (κ3) is 2.64. The zero-order chi connectivity index (χ0) is 11.4. The van der Waals surface area contributed by atoms with Crippen LogP contribution >= 0.6 is 0 Å². The molecule has 2 aromatic rings. The Labute approximate surface area is 91.1 Å². The van der Waals surface area contributed by atoms with Crippen LogP contribution in [-0.4, -0.2) is 4.98 Å². The molecule has 5 heteroatoms. The Morgan fingerprint density at radius 1 is 1.19 bits per heavy atom. The van der Waals surface area contributed by atoms with Crippen LogP contribution in [0.1, 0.15) is 11.3 Å². The quantitative estimate of drug-likeness (QED) is 0.865. The molecule has 0 saturated heterocycles. The summed E-state index contributed by atoms with van der Waals surface area (Å²) in [5, 5.41) is 3.03. The van der Waals surface area contributed by atoms with Crippen molar-refractivity contribution < 1.29 is 13.2 Å². The Bertz CT molecular complexity index is 457. The molecule has 0 aliphatic carbocycles. The minimum Gasteiger partial charge on any atom is -0.447 e. The summed E-state index contributed by atoms with van der Waals surface area (Å²) in [6, 6.07) is 3.81. The SMILES string of the molecule is Fc1ccc(CNCc2cnco2)cc1F. The van der Waals surface area contributed by atoms with Crippen LogP contribution in [0.5, 0.6) is 0 Å². The van der Waals surface area contributed by atoms with Crippen molar-refractivity contribution in [2.45, 2.75) is 13.1 Å². The summed E-state index contributed by atoms with van der Waals surface area (Å²) in [5.74, 6) is -0.972. The smallest absolute Gasteiger partial charge is 0.180 e. The van der Waals surface area contributed by atoms with E-state index in [1.807, 2.05) is 0 Å². The predicted molar refractivity (Wildman–Crippen MR) is 53.4 cm³/mol. The minimum absolute atomic E-state index is 0.442. The fraction of sp³-hybridized carbons (Fsp3) is 0.182. The molecule has 1 aromatic carbocycles. The van der Waals surface area contributed by atoms with Crippen molar-refractivity contribution >= 4 is 0 Å². The molecule has 84 valence electrons. The molecule has 0 amide bonds. The molecule has 16 heavy (non-hydrogen) atoms. The lowest BCUT2D eigenvalue weighted by molar-refractivity contribution is 0.477. The number of halogens is 2. The van der Waals surface area contributed by atoms with Gasteiger partial charge in [0.05, 0.1) is 12.7 Å². The molecule has 0 atom stereocenters. The third-order valence-electron chi connectivity index (χ3n) is 2.10. The van der Waals surface area contributed by atoms with E-state index in [0.29, 0.717) is 24.4 Å². The molecule has 0 radical (unpaired) electrons. The highest BCUT2D eigenvalue weighted by molar-refractivity contribution is 5.17. The highest BCUT2D eigenvalue weighted by atomic mass is 19.2. The summed E-state index contributed by atoms with van der Waals surface area (Å²) in [7, 11) is 0. The van der Waals surface area contributed by atoms with Gasteiger partial charge in [-0.25, -0.2) is 13.8 Å². The van der Waals surface area contributed by atoms with Gasteiger partial charge in [0.15, 0.2) is 18.0 Å². The molecule has 1 heterocycles. The highest BCUT2D eigenvalue weighted by Gasteiger charge is 2.02. The number of oxazole rings is 1. The Hall–Kier alpha value is -1.75. The topological polar surface area (TPSA) is 38.1 Å². The van der Waals surface area contributed by atoms with E-state index >= 15 is 0 Å². The normalized spacial score (nSPS) is 10.6. The van der Waals surface area contributed by atoms with Crippen LogP contribution in [0, 0.1) is 11.6 Å². The Balaban J connectivity index is 1.87. The van der Waals surface area contributed by atoms with Gasteiger partial charge >= 0.3 is 0 Å². The maximum absolute atomic E-state index is 12.8. The van der Waals surface area contributed by atoms with E-state index in [9.17, 15) is 8.78 Å². The summed E-state index contributed by atoms with van der Waals surface area (Å²) in [6.45, 7) is 0.941. The van der Waals surface area contributed by atoms with E-state index in [-0.39, 0.29) is 0 Å². The first-order chi connectivity index (χ1) is 7.75. The minimum atomic E-state index is -0.834. The number of hydrogen-bond acceptors (Lipinski definition) is 3. The molecule has 0 spiro atoms. The van der Waals surface area contributed by atoms with Gasteiger partial charge in [0.1, 0.15) is 5.76 Å². The van der Waals surface area contributed by atoms with Gasteiger partial charge in [-0.2, -0.15) is 0 Å². The van der Waals surface area contributed by atoms with Crippen LogP contribution in [0.25, 0.3) is 0 Å². The molecule has 0 aliphatic rings. The summed E-state index contributed by atoms with van der Waals surface area (Å²) in [5.41, 5.74) is 0.679. The lowest BCUT2D eigenvalue weighted by atomic mass is 10.2. The summed E-state index contributed by atoms with van der Waals surface area (Å²) in [4.78, 5) is 3.76. The Kier molecular flexibility index (Phi) is 3.26. The Morgan fingerprint density at radius 2 is 2.06 bits per heavy atom. The Morgan fingerprint density at radius 3 is 2.75 bits per heavy atom. The summed E-state index contributed by atoms with van der Waals surface area (Å²) in [6.07, 6.45) is 2.94. The lowest BCUT2D eigenvalue weighted by Crippen LogP contribution is -2.12. The molecule has 0 bridgehead atoms. The average molecular weight is 224 g/mol.